The number of nitrogens with one attached hydrogen (secondary N) is 1. The smallest absolute Gasteiger partial charge is 0.165 e. The molecule has 0 aliphatic carbocycles. The summed E-state index contributed by atoms with van der Waals surface area (Å²) in [7, 11) is 0. The topological polar surface area (TPSA) is 21.3 Å². The van der Waals surface area contributed by atoms with Gasteiger partial charge in [0.15, 0.2) is 11.6 Å². The van der Waals surface area contributed by atoms with Gasteiger partial charge in [0.25, 0.3) is 0 Å². The lowest BCUT2D eigenvalue weighted by molar-refractivity contribution is 0.188. The van der Waals surface area contributed by atoms with Crippen molar-refractivity contribution in [2.24, 2.45) is 0 Å². The molecule has 1 aromatic rings. The summed E-state index contributed by atoms with van der Waals surface area (Å²) in [4.78, 5) is 0. The summed E-state index contributed by atoms with van der Waals surface area (Å²) < 4.78 is 18.9. The first kappa shape index (κ1) is 14.0. The molecule has 1 rings (SSSR count). The summed E-state index contributed by atoms with van der Waals surface area (Å²) in [6.07, 6.45) is 1.99. The molecule has 0 bridgehead atoms. The Kier molecular flexibility index (Phi) is 5.98. The fraction of sp³-hybridized carbons (Fsp3) is 0.571. The Balaban J connectivity index is 2.39. The van der Waals surface area contributed by atoms with Crippen molar-refractivity contribution in [2.45, 2.75) is 45.8 Å². The van der Waals surface area contributed by atoms with Gasteiger partial charge >= 0.3 is 0 Å². The van der Waals surface area contributed by atoms with Crippen LogP contribution in [0.1, 0.15) is 33.6 Å². The first-order chi connectivity index (χ1) is 8.13. The second-order valence-corrected chi connectivity index (χ2v) is 4.45. The molecule has 0 radical (unpaired) electrons. The first-order valence-corrected chi connectivity index (χ1v) is 6.28. The molecule has 0 saturated heterocycles. The molecule has 1 aromatic carbocycles. The highest BCUT2D eigenvalue weighted by Crippen LogP contribution is 2.18. The Labute approximate surface area is 103 Å². The molecule has 0 aliphatic heterocycles. The lowest BCUT2D eigenvalue weighted by Gasteiger charge is -2.20. The quantitative estimate of drug-likeness (QED) is 0.787. The molecule has 0 heterocycles. The maximum absolute atomic E-state index is 13.3. The number of hydrogen-bond acceptors (Lipinski definition) is 2. The van der Waals surface area contributed by atoms with Gasteiger partial charge in [-0.2, -0.15) is 0 Å². The molecule has 2 nitrogen and oxygen atoms in total. The lowest BCUT2D eigenvalue weighted by Crippen LogP contribution is -2.31. The Morgan fingerprint density at radius 2 is 2.00 bits per heavy atom. The van der Waals surface area contributed by atoms with Crippen LogP contribution in [-0.2, 0) is 0 Å². The number of hydrogen-bond donors (Lipinski definition) is 1. The molecular formula is C14H22FNO. The van der Waals surface area contributed by atoms with E-state index in [4.69, 9.17) is 4.74 Å². The van der Waals surface area contributed by atoms with Crippen molar-refractivity contribution in [3.05, 3.63) is 30.1 Å². The third-order valence-corrected chi connectivity index (χ3v) is 2.59. The van der Waals surface area contributed by atoms with Gasteiger partial charge in [0.1, 0.15) is 0 Å². The zero-order valence-electron chi connectivity index (χ0n) is 10.9. The fourth-order valence-electron chi connectivity index (χ4n) is 1.78. The molecule has 0 saturated carbocycles. The van der Waals surface area contributed by atoms with E-state index in [9.17, 15) is 4.39 Å². The molecular weight excluding hydrogens is 217 g/mol. The van der Waals surface area contributed by atoms with Crippen LogP contribution in [0, 0.1) is 5.82 Å². The van der Waals surface area contributed by atoms with Gasteiger partial charge in [0, 0.05) is 6.04 Å². The highest BCUT2D eigenvalue weighted by atomic mass is 19.1. The molecule has 96 valence electrons. The van der Waals surface area contributed by atoms with E-state index in [-0.39, 0.29) is 11.9 Å². The summed E-state index contributed by atoms with van der Waals surface area (Å²) in [6.45, 7) is 7.24. The zero-order valence-corrected chi connectivity index (χ0v) is 10.9. The van der Waals surface area contributed by atoms with Gasteiger partial charge in [0.05, 0.1) is 6.10 Å². The van der Waals surface area contributed by atoms with Crippen molar-refractivity contribution in [2.75, 3.05) is 6.54 Å². The fourth-order valence-corrected chi connectivity index (χ4v) is 1.78. The summed E-state index contributed by atoms with van der Waals surface area (Å²) in [5, 5.41) is 3.39. The van der Waals surface area contributed by atoms with Crippen molar-refractivity contribution >= 4 is 0 Å². The SMILES string of the molecule is CCCNC(C)CC(C)Oc1ccccc1F. The maximum Gasteiger partial charge on any atom is 0.165 e. The molecule has 0 spiro atoms. The maximum atomic E-state index is 13.3. The molecule has 2 atom stereocenters. The van der Waals surface area contributed by atoms with Crippen LogP contribution in [-0.4, -0.2) is 18.7 Å². The summed E-state index contributed by atoms with van der Waals surface area (Å²) in [6, 6.07) is 6.91. The first-order valence-electron chi connectivity index (χ1n) is 6.28. The minimum atomic E-state index is -0.298. The molecule has 1 N–H and O–H groups in total. The molecule has 0 fully saturated rings. The van der Waals surface area contributed by atoms with Crippen LogP contribution in [0.2, 0.25) is 0 Å². The third kappa shape index (κ3) is 5.18. The average molecular weight is 239 g/mol. The molecule has 0 amide bonds. The summed E-state index contributed by atoms with van der Waals surface area (Å²) >= 11 is 0. The van der Waals surface area contributed by atoms with E-state index in [1.807, 2.05) is 6.92 Å². The van der Waals surface area contributed by atoms with Gasteiger partial charge in [-0.1, -0.05) is 19.1 Å². The largest absolute Gasteiger partial charge is 0.488 e. The molecule has 3 heteroatoms. The lowest BCUT2D eigenvalue weighted by atomic mass is 10.1. The Bertz CT molecular complexity index is 330. The van der Waals surface area contributed by atoms with Crippen LogP contribution >= 0.6 is 0 Å². The monoisotopic (exact) mass is 239 g/mol. The van der Waals surface area contributed by atoms with Gasteiger partial charge in [0.2, 0.25) is 0 Å². The standard InChI is InChI=1S/C14H22FNO/c1-4-9-16-11(2)10-12(3)17-14-8-6-5-7-13(14)15/h5-8,11-12,16H,4,9-10H2,1-3H3. The van der Waals surface area contributed by atoms with Crippen LogP contribution in [0.4, 0.5) is 4.39 Å². The van der Waals surface area contributed by atoms with E-state index in [0.717, 1.165) is 19.4 Å². The highest BCUT2D eigenvalue weighted by Gasteiger charge is 2.11. The van der Waals surface area contributed by atoms with E-state index >= 15 is 0 Å². The van der Waals surface area contributed by atoms with E-state index < -0.39 is 0 Å². The Morgan fingerprint density at radius 3 is 2.65 bits per heavy atom. The van der Waals surface area contributed by atoms with Crippen molar-refractivity contribution in [3.63, 3.8) is 0 Å². The van der Waals surface area contributed by atoms with Crippen molar-refractivity contribution in [1.29, 1.82) is 0 Å². The van der Waals surface area contributed by atoms with E-state index in [1.165, 1.54) is 6.07 Å². The normalized spacial score (nSPS) is 14.4. The van der Waals surface area contributed by atoms with Gasteiger partial charge in [-0.3, -0.25) is 0 Å². The number of rotatable bonds is 7. The predicted molar refractivity (Wildman–Crippen MR) is 68.9 cm³/mol. The molecule has 17 heavy (non-hydrogen) atoms. The van der Waals surface area contributed by atoms with Crippen molar-refractivity contribution in [1.82, 2.24) is 5.32 Å². The van der Waals surface area contributed by atoms with E-state index in [2.05, 4.69) is 19.2 Å². The van der Waals surface area contributed by atoms with E-state index in [0.29, 0.717) is 11.8 Å². The number of para-hydroxylation sites is 1. The zero-order chi connectivity index (χ0) is 12.7. The predicted octanol–water partition coefficient (Wildman–Crippen LogP) is 3.37. The Hall–Kier alpha value is -1.09. The third-order valence-electron chi connectivity index (χ3n) is 2.59. The average Bonchev–Trinajstić information content (AvgIpc) is 2.29. The number of halogens is 1. The van der Waals surface area contributed by atoms with Crippen LogP contribution in [0.5, 0.6) is 5.75 Å². The minimum Gasteiger partial charge on any atom is -0.488 e. The molecule has 0 aliphatic rings. The van der Waals surface area contributed by atoms with Crippen LogP contribution in [0.3, 0.4) is 0 Å². The number of benzene rings is 1. The van der Waals surface area contributed by atoms with Crippen molar-refractivity contribution < 1.29 is 9.13 Å². The van der Waals surface area contributed by atoms with Gasteiger partial charge in [-0.15, -0.1) is 0 Å². The van der Waals surface area contributed by atoms with Crippen LogP contribution in [0.25, 0.3) is 0 Å². The van der Waals surface area contributed by atoms with Crippen LogP contribution < -0.4 is 10.1 Å². The van der Waals surface area contributed by atoms with Gasteiger partial charge in [-0.05, 0) is 45.4 Å². The Morgan fingerprint density at radius 1 is 1.29 bits per heavy atom. The van der Waals surface area contributed by atoms with Gasteiger partial charge < -0.3 is 10.1 Å². The second-order valence-electron chi connectivity index (χ2n) is 4.45. The minimum absolute atomic E-state index is 0.00579. The number of ether oxygens (including phenoxy) is 1. The molecule has 0 aromatic heterocycles. The van der Waals surface area contributed by atoms with E-state index in [1.54, 1.807) is 18.2 Å². The second kappa shape index (κ2) is 7.28. The van der Waals surface area contributed by atoms with Crippen molar-refractivity contribution in [3.8, 4) is 5.75 Å². The van der Waals surface area contributed by atoms with Gasteiger partial charge in [-0.25, -0.2) is 4.39 Å². The molecule has 2 unspecified atom stereocenters. The highest BCUT2D eigenvalue weighted by molar-refractivity contribution is 5.23. The summed E-state index contributed by atoms with van der Waals surface area (Å²) in [5.74, 6) is 0.0382. The summed E-state index contributed by atoms with van der Waals surface area (Å²) in [5.41, 5.74) is 0. The van der Waals surface area contributed by atoms with Crippen LogP contribution in [0.15, 0.2) is 24.3 Å².